The molecule has 0 heterocycles. The van der Waals surface area contributed by atoms with Crippen LogP contribution in [-0.2, 0) is 6.42 Å². The van der Waals surface area contributed by atoms with Crippen LogP contribution in [0.15, 0.2) is 42.5 Å². The lowest BCUT2D eigenvalue weighted by atomic mass is 9.98. The highest BCUT2D eigenvalue weighted by Gasteiger charge is 2.09. The van der Waals surface area contributed by atoms with E-state index in [0.29, 0.717) is 17.4 Å². The highest BCUT2D eigenvalue weighted by Crippen LogP contribution is 2.19. The van der Waals surface area contributed by atoms with Gasteiger partial charge in [-0.05, 0) is 47.7 Å². The van der Waals surface area contributed by atoms with Crippen LogP contribution in [0.1, 0.15) is 46.8 Å². The Morgan fingerprint density at radius 3 is 2.30 bits per heavy atom. The zero-order valence-electron chi connectivity index (χ0n) is 12.1. The number of ketones is 1. The molecule has 2 heteroatoms. The van der Waals surface area contributed by atoms with Gasteiger partial charge >= 0.3 is 0 Å². The number of aryl methyl sites for hydroxylation is 1. The molecule has 104 valence electrons. The van der Waals surface area contributed by atoms with Crippen molar-refractivity contribution in [3.63, 3.8) is 0 Å². The first-order valence-corrected chi connectivity index (χ1v) is 7.23. The van der Waals surface area contributed by atoms with Crippen molar-refractivity contribution in [2.75, 3.05) is 0 Å². The summed E-state index contributed by atoms with van der Waals surface area (Å²) in [6.07, 6.45) is 0.430. The summed E-state index contributed by atoms with van der Waals surface area (Å²) >= 11 is 5.98. The topological polar surface area (TPSA) is 17.1 Å². The Morgan fingerprint density at radius 2 is 1.75 bits per heavy atom. The lowest BCUT2D eigenvalue weighted by molar-refractivity contribution is 0.0993. The fraction of sp³-hybridized carbons (Fsp3) is 0.278. The minimum atomic E-state index is 0.127. The third-order valence-corrected chi connectivity index (χ3v) is 3.92. The summed E-state index contributed by atoms with van der Waals surface area (Å²) in [5.74, 6) is 0.640. The van der Waals surface area contributed by atoms with Crippen molar-refractivity contribution in [1.82, 2.24) is 0 Å². The van der Waals surface area contributed by atoms with Crippen molar-refractivity contribution in [2.45, 2.75) is 33.1 Å². The minimum Gasteiger partial charge on any atom is -0.294 e. The van der Waals surface area contributed by atoms with E-state index in [0.717, 1.165) is 16.7 Å². The Labute approximate surface area is 125 Å². The number of rotatable bonds is 4. The average Bonchev–Trinajstić information content (AvgIpc) is 2.42. The zero-order valence-corrected chi connectivity index (χ0v) is 12.9. The lowest BCUT2D eigenvalue weighted by Crippen LogP contribution is -2.04. The van der Waals surface area contributed by atoms with Gasteiger partial charge in [-0.3, -0.25) is 4.79 Å². The molecule has 0 unspecified atom stereocenters. The van der Waals surface area contributed by atoms with Gasteiger partial charge in [-0.15, -0.1) is 0 Å². The fourth-order valence-electron chi connectivity index (χ4n) is 2.13. The predicted molar refractivity (Wildman–Crippen MR) is 84.8 cm³/mol. The maximum absolute atomic E-state index is 12.3. The second-order valence-corrected chi connectivity index (χ2v) is 5.87. The minimum absolute atomic E-state index is 0.127. The second-order valence-electron chi connectivity index (χ2n) is 5.46. The van der Waals surface area contributed by atoms with Gasteiger partial charge in [0.25, 0.3) is 0 Å². The normalized spacial score (nSPS) is 10.8. The van der Waals surface area contributed by atoms with Gasteiger partial charge < -0.3 is 0 Å². The molecule has 2 rings (SSSR count). The van der Waals surface area contributed by atoms with E-state index in [4.69, 9.17) is 11.6 Å². The lowest BCUT2D eigenvalue weighted by Gasteiger charge is -2.07. The summed E-state index contributed by atoms with van der Waals surface area (Å²) < 4.78 is 0. The van der Waals surface area contributed by atoms with Crippen molar-refractivity contribution < 1.29 is 4.79 Å². The fourth-order valence-corrected chi connectivity index (χ4v) is 2.24. The average molecular weight is 287 g/mol. The number of benzene rings is 2. The van der Waals surface area contributed by atoms with Gasteiger partial charge in [0.15, 0.2) is 5.78 Å². The van der Waals surface area contributed by atoms with Crippen LogP contribution in [0.2, 0.25) is 5.02 Å². The molecule has 0 bridgehead atoms. The first-order chi connectivity index (χ1) is 9.47. The first kappa shape index (κ1) is 14.8. The van der Waals surface area contributed by atoms with Gasteiger partial charge in [0.1, 0.15) is 0 Å². The van der Waals surface area contributed by atoms with Crippen LogP contribution in [-0.4, -0.2) is 5.78 Å². The number of halogens is 1. The Kier molecular flexibility index (Phi) is 4.61. The quantitative estimate of drug-likeness (QED) is 0.706. The van der Waals surface area contributed by atoms with Crippen LogP contribution in [0.3, 0.4) is 0 Å². The number of carbonyl (C=O) groups is 1. The van der Waals surface area contributed by atoms with Crippen LogP contribution < -0.4 is 0 Å². The van der Waals surface area contributed by atoms with Crippen molar-refractivity contribution >= 4 is 17.4 Å². The summed E-state index contributed by atoms with van der Waals surface area (Å²) in [5, 5.41) is 0.697. The van der Waals surface area contributed by atoms with Gasteiger partial charge in [-0.2, -0.15) is 0 Å². The van der Waals surface area contributed by atoms with Crippen LogP contribution in [0, 0.1) is 6.92 Å². The van der Waals surface area contributed by atoms with Gasteiger partial charge in [-0.25, -0.2) is 0 Å². The predicted octanol–water partition coefficient (Wildman–Crippen LogP) is 5.20. The van der Waals surface area contributed by atoms with Crippen LogP contribution in [0.5, 0.6) is 0 Å². The van der Waals surface area contributed by atoms with E-state index in [2.05, 4.69) is 26.0 Å². The Morgan fingerprint density at radius 1 is 1.10 bits per heavy atom. The molecule has 0 saturated heterocycles. The van der Waals surface area contributed by atoms with Crippen molar-refractivity contribution in [3.05, 3.63) is 69.7 Å². The SMILES string of the molecule is Cc1cc(C(=O)Cc2ccc(C(C)C)cc2)ccc1Cl. The largest absolute Gasteiger partial charge is 0.294 e. The number of Topliss-reactive ketones (excluding diaryl/α,β-unsaturated/α-hetero) is 1. The number of carbonyl (C=O) groups excluding carboxylic acids is 1. The molecular weight excluding hydrogens is 268 g/mol. The molecule has 0 atom stereocenters. The molecule has 0 spiro atoms. The highest BCUT2D eigenvalue weighted by atomic mass is 35.5. The molecule has 0 aliphatic heterocycles. The summed E-state index contributed by atoms with van der Waals surface area (Å²) in [7, 11) is 0. The Balaban J connectivity index is 2.12. The van der Waals surface area contributed by atoms with Crippen LogP contribution in [0.4, 0.5) is 0 Å². The maximum atomic E-state index is 12.3. The molecular formula is C18H19ClO. The summed E-state index contributed by atoms with van der Waals surface area (Å²) in [6.45, 7) is 6.24. The number of hydrogen-bond donors (Lipinski definition) is 0. The third kappa shape index (κ3) is 3.49. The molecule has 0 aromatic heterocycles. The van der Waals surface area contributed by atoms with E-state index in [9.17, 15) is 4.79 Å². The van der Waals surface area contributed by atoms with Gasteiger partial charge in [-0.1, -0.05) is 49.7 Å². The molecule has 0 N–H and O–H groups in total. The molecule has 0 aliphatic rings. The number of hydrogen-bond acceptors (Lipinski definition) is 1. The zero-order chi connectivity index (χ0) is 14.7. The molecule has 0 aliphatic carbocycles. The summed E-state index contributed by atoms with van der Waals surface area (Å²) in [5.41, 5.74) is 4.00. The van der Waals surface area contributed by atoms with E-state index < -0.39 is 0 Å². The third-order valence-electron chi connectivity index (χ3n) is 3.49. The molecule has 20 heavy (non-hydrogen) atoms. The van der Waals surface area contributed by atoms with Crippen molar-refractivity contribution in [2.24, 2.45) is 0 Å². The van der Waals surface area contributed by atoms with Crippen molar-refractivity contribution in [1.29, 1.82) is 0 Å². The Hall–Kier alpha value is -1.60. The van der Waals surface area contributed by atoms with Crippen LogP contribution >= 0.6 is 11.6 Å². The highest BCUT2D eigenvalue weighted by molar-refractivity contribution is 6.31. The molecule has 0 saturated carbocycles. The Bertz CT molecular complexity index is 612. The summed E-state index contributed by atoms with van der Waals surface area (Å²) in [4.78, 5) is 12.3. The van der Waals surface area contributed by atoms with Crippen LogP contribution in [0.25, 0.3) is 0 Å². The van der Waals surface area contributed by atoms with E-state index in [1.165, 1.54) is 5.56 Å². The van der Waals surface area contributed by atoms with Gasteiger partial charge in [0.2, 0.25) is 0 Å². The summed E-state index contributed by atoms with van der Waals surface area (Å²) in [6, 6.07) is 13.7. The first-order valence-electron chi connectivity index (χ1n) is 6.85. The second kappa shape index (κ2) is 6.23. The standard InChI is InChI=1S/C18H19ClO/c1-12(2)15-6-4-14(5-7-15)11-18(20)16-8-9-17(19)13(3)10-16/h4-10,12H,11H2,1-3H3. The van der Waals surface area contributed by atoms with E-state index in [1.807, 2.05) is 25.1 Å². The maximum Gasteiger partial charge on any atom is 0.167 e. The van der Waals surface area contributed by atoms with Gasteiger partial charge in [0, 0.05) is 17.0 Å². The monoisotopic (exact) mass is 286 g/mol. The van der Waals surface area contributed by atoms with E-state index >= 15 is 0 Å². The van der Waals surface area contributed by atoms with E-state index in [1.54, 1.807) is 12.1 Å². The van der Waals surface area contributed by atoms with E-state index in [-0.39, 0.29) is 5.78 Å². The molecule has 1 nitrogen and oxygen atoms in total. The smallest absolute Gasteiger partial charge is 0.167 e. The van der Waals surface area contributed by atoms with Crippen molar-refractivity contribution in [3.8, 4) is 0 Å². The molecule has 0 radical (unpaired) electrons. The molecule has 0 fully saturated rings. The molecule has 0 amide bonds. The molecule has 2 aromatic rings. The van der Waals surface area contributed by atoms with Gasteiger partial charge in [0.05, 0.1) is 0 Å². The molecule has 2 aromatic carbocycles.